The summed E-state index contributed by atoms with van der Waals surface area (Å²) < 4.78 is 4.86. The zero-order valence-corrected chi connectivity index (χ0v) is 10.8. The van der Waals surface area contributed by atoms with Crippen molar-refractivity contribution in [2.24, 2.45) is 5.73 Å². The van der Waals surface area contributed by atoms with Gasteiger partial charge in [0.2, 0.25) is 11.8 Å². The lowest BCUT2D eigenvalue weighted by Crippen LogP contribution is -2.19. The Morgan fingerprint density at radius 1 is 1.25 bits per heavy atom. The number of nitrogens with one attached hydrogen (secondary N) is 2. The average molecular weight is 274 g/mol. The molecule has 0 radical (unpaired) electrons. The predicted molar refractivity (Wildman–Crippen MR) is 73.2 cm³/mol. The number of rotatable bonds is 4. The number of carbonyl (C=O) groups excluding carboxylic acids is 2. The van der Waals surface area contributed by atoms with E-state index in [1.807, 2.05) is 0 Å². The van der Waals surface area contributed by atoms with E-state index < -0.39 is 11.9 Å². The number of hydrogen-bond donors (Lipinski definition) is 3. The van der Waals surface area contributed by atoms with E-state index >= 15 is 0 Å². The van der Waals surface area contributed by atoms with Crippen LogP contribution in [0.3, 0.4) is 0 Å². The number of primary amides is 1. The number of hydrogen-bond acceptors (Lipinski definition) is 4. The highest BCUT2D eigenvalue weighted by molar-refractivity contribution is 5.98. The number of nitrogens with zero attached hydrogens (tertiary/aromatic N) is 1. The first-order valence-corrected chi connectivity index (χ1v) is 5.91. The fourth-order valence-electron chi connectivity index (χ4n) is 1.60. The normalized spacial score (nSPS) is 10.1. The molecule has 0 atom stereocenters. The summed E-state index contributed by atoms with van der Waals surface area (Å²) in [5.74, 6) is -0.130. The van der Waals surface area contributed by atoms with E-state index in [9.17, 15) is 9.59 Å². The first-order valence-electron chi connectivity index (χ1n) is 5.91. The lowest BCUT2D eigenvalue weighted by molar-refractivity contribution is -0.117. The summed E-state index contributed by atoms with van der Waals surface area (Å²) in [4.78, 5) is 22.4. The molecule has 1 heterocycles. The van der Waals surface area contributed by atoms with Crippen molar-refractivity contribution in [2.45, 2.75) is 13.3 Å². The van der Waals surface area contributed by atoms with Gasteiger partial charge in [-0.3, -0.25) is 10.1 Å². The van der Waals surface area contributed by atoms with Crippen LogP contribution < -0.4 is 16.4 Å². The molecule has 2 aromatic rings. The van der Waals surface area contributed by atoms with Crippen LogP contribution in [0.15, 0.2) is 34.9 Å². The molecule has 0 unspecified atom stereocenters. The van der Waals surface area contributed by atoms with Crippen molar-refractivity contribution in [2.75, 3.05) is 10.6 Å². The second-order valence-corrected chi connectivity index (χ2v) is 4.25. The van der Waals surface area contributed by atoms with Gasteiger partial charge in [-0.2, -0.15) is 0 Å². The zero-order chi connectivity index (χ0) is 14.5. The molecular formula is C13H14N4O3. The number of amides is 3. The van der Waals surface area contributed by atoms with E-state index in [2.05, 4.69) is 15.8 Å². The van der Waals surface area contributed by atoms with E-state index in [4.69, 9.17) is 10.3 Å². The number of anilines is 2. The zero-order valence-electron chi connectivity index (χ0n) is 10.8. The summed E-state index contributed by atoms with van der Waals surface area (Å²) >= 11 is 0. The summed E-state index contributed by atoms with van der Waals surface area (Å²) in [6, 6.07) is 7.98. The third-order valence-corrected chi connectivity index (χ3v) is 2.45. The Morgan fingerprint density at radius 2 is 1.95 bits per heavy atom. The Hall–Kier alpha value is -2.83. The van der Waals surface area contributed by atoms with E-state index in [0.29, 0.717) is 11.4 Å². The molecule has 1 aromatic heterocycles. The highest BCUT2D eigenvalue weighted by Gasteiger charge is 2.06. The maximum absolute atomic E-state index is 11.7. The summed E-state index contributed by atoms with van der Waals surface area (Å²) in [5.41, 5.74) is 7.15. The molecule has 2 rings (SSSR count). The Bertz CT molecular complexity index is 619. The molecule has 0 aliphatic heterocycles. The summed E-state index contributed by atoms with van der Waals surface area (Å²) in [6.07, 6.45) is 0.170. The Balaban J connectivity index is 1.92. The van der Waals surface area contributed by atoms with Crippen LogP contribution in [0.25, 0.3) is 0 Å². The van der Waals surface area contributed by atoms with Crippen molar-refractivity contribution in [3.05, 3.63) is 41.6 Å². The van der Waals surface area contributed by atoms with Gasteiger partial charge >= 0.3 is 6.03 Å². The van der Waals surface area contributed by atoms with Gasteiger partial charge in [0.25, 0.3) is 0 Å². The predicted octanol–water partition coefficient (Wildman–Crippen LogP) is 1.65. The van der Waals surface area contributed by atoms with Crippen LogP contribution >= 0.6 is 0 Å². The van der Waals surface area contributed by atoms with Crippen LogP contribution in [0.2, 0.25) is 0 Å². The van der Waals surface area contributed by atoms with Crippen LogP contribution in [0.5, 0.6) is 0 Å². The van der Waals surface area contributed by atoms with Gasteiger partial charge in [-0.1, -0.05) is 17.3 Å². The topological polar surface area (TPSA) is 110 Å². The lowest BCUT2D eigenvalue weighted by atomic mass is 10.1. The minimum absolute atomic E-state index is 0.170. The number of carbonyl (C=O) groups is 2. The van der Waals surface area contributed by atoms with Crippen molar-refractivity contribution in [3.63, 3.8) is 0 Å². The maximum atomic E-state index is 11.7. The van der Waals surface area contributed by atoms with Gasteiger partial charge < -0.3 is 15.6 Å². The van der Waals surface area contributed by atoms with Crippen LogP contribution in [0.1, 0.15) is 11.3 Å². The fraction of sp³-hybridized carbons (Fsp3) is 0.154. The van der Waals surface area contributed by atoms with Gasteiger partial charge in [0, 0.05) is 11.8 Å². The van der Waals surface area contributed by atoms with Gasteiger partial charge in [0.15, 0.2) is 0 Å². The Kier molecular flexibility index (Phi) is 3.99. The van der Waals surface area contributed by atoms with Crippen LogP contribution in [-0.4, -0.2) is 17.1 Å². The first-order chi connectivity index (χ1) is 9.52. The molecule has 7 heteroatoms. The second kappa shape index (κ2) is 5.87. The molecule has 0 aliphatic carbocycles. The molecule has 0 fully saturated rings. The SMILES string of the molecule is Cc1cc(NC(=O)Nc2ccc(CC(N)=O)cc2)on1. The molecule has 0 aliphatic rings. The van der Waals surface area contributed by atoms with Crippen molar-refractivity contribution in [1.82, 2.24) is 5.16 Å². The van der Waals surface area contributed by atoms with Crippen LogP contribution in [-0.2, 0) is 11.2 Å². The van der Waals surface area contributed by atoms with Gasteiger partial charge in [0.05, 0.1) is 12.1 Å². The fourth-order valence-corrected chi connectivity index (χ4v) is 1.60. The van der Waals surface area contributed by atoms with Gasteiger partial charge in [-0.15, -0.1) is 0 Å². The van der Waals surface area contributed by atoms with E-state index in [-0.39, 0.29) is 12.3 Å². The minimum atomic E-state index is -0.441. The van der Waals surface area contributed by atoms with Crippen LogP contribution in [0, 0.1) is 6.92 Å². The molecule has 0 saturated heterocycles. The van der Waals surface area contributed by atoms with E-state index in [0.717, 1.165) is 5.56 Å². The molecule has 7 nitrogen and oxygen atoms in total. The molecule has 3 amide bonds. The molecule has 104 valence electrons. The minimum Gasteiger partial charge on any atom is -0.369 e. The standard InChI is InChI=1S/C13H14N4O3/c1-8-6-12(20-17-8)16-13(19)15-10-4-2-9(3-5-10)7-11(14)18/h2-6H,7H2,1H3,(H2,14,18)(H2,15,16,19). The smallest absolute Gasteiger partial charge is 0.326 e. The monoisotopic (exact) mass is 274 g/mol. The second-order valence-electron chi connectivity index (χ2n) is 4.25. The van der Waals surface area contributed by atoms with E-state index in [1.54, 1.807) is 37.3 Å². The number of aromatic nitrogens is 1. The van der Waals surface area contributed by atoms with Crippen molar-refractivity contribution >= 4 is 23.5 Å². The number of urea groups is 1. The summed E-state index contributed by atoms with van der Waals surface area (Å²) in [5, 5.41) is 8.79. The third kappa shape index (κ3) is 3.84. The number of nitrogens with two attached hydrogens (primary N) is 1. The Labute approximate surface area is 115 Å². The molecular weight excluding hydrogens is 260 g/mol. The highest BCUT2D eigenvalue weighted by atomic mass is 16.5. The average Bonchev–Trinajstić information content (AvgIpc) is 2.76. The van der Waals surface area contributed by atoms with Gasteiger partial charge in [-0.25, -0.2) is 4.79 Å². The lowest BCUT2D eigenvalue weighted by Gasteiger charge is -2.05. The van der Waals surface area contributed by atoms with Crippen molar-refractivity contribution < 1.29 is 14.1 Å². The van der Waals surface area contributed by atoms with Crippen molar-refractivity contribution in [1.29, 1.82) is 0 Å². The van der Waals surface area contributed by atoms with Gasteiger partial charge in [0.1, 0.15) is 0 Å². The Morgan fingerprint density at radius 3 is 2.50 bits per heavy atom. The first kappa shape index (κ1) is 13.6. The van der Waals surface area contributed by atoms with Crippen molar-refractivity contribution in [3.8, 4) is 0 Å². The molecule has 0 bridgehead atoms. The number of aryl methyl sites for hydroxylation is 1. The largest absolute Gasteiger partial charge is 0.369 e. The molecule has 0 saturated carbocycles. The maximum Gasteiger partial charge on any atom is 0.326 e. The molecule has 1 aromatic carbocycles. The summed E-state index contributed by atoms with van der Waals surface area (Å²) in [7, 11) is 0. The van der Waals surface area contributed by atoms with Gasteiger partial charge in [-0.05, 0) is 24.6 Å². The molecule has 4 N–H and O–H groups in total. The number of benzene rings is 1. The third-order valence-electron chi connectivity index (χ3n) is 2.45. The molecule has 20 heavy (non-hydrogen) atoms. The highest BCUT2D eigenvalue weighted by Crippen LogP contribution is 2.12. The quantitative estimate of drug-likeness (QED) is 0.787. The van der Waals surface area contributed by atoms with Crippen LogP contribution in [0.4, 0.5) is 16.4 Å². The summed E-state index contributed by atoms with van der Waals surface area (Å²) in [6.45, 7) is 1.75. The van der Waals surface area contributed by atoms with E-state index in [1.165, 1.54) is 0 Å². The molecule has 0 spiro atoms.